The maximum Gasteiger partial charge on any atom is 0.407 e. The van der Waals surface area contributed by atoms with Gasteiger partial charge in [-0.05, 0) is 35.1 Å². The van der Waals surface area contributed by atoms with Crippen molar-refractivity contribution in [1.29, 1.82) is 0 Å². The summed E-state index contributed by atoms with van der Waals surface area (Å²) >= 11 is 1.18. The molecule has 3 aromatic rings. The molecule has 0 aliphatic heterocycles. The molecule has 2 aliphatic carbocycles. The van der Waals surface area contributed by atoms with Crippen molar-refractivity contribution in [2.24, 2.45) is 5.41 Å². The van der Waals surface area contributed by atoms with E-state index >= 15 is 0 Å². The van der Waals surface area contributed by atoms with Gasteiger partial charge in [0.2, 0.25) is 5.91 Å². The smallest absolute Gasteiger partial charge is 0.407 e. The number of amides is 2. The molecule has 5 rings (SSSR count). The normalized spacial score (nSPS) is 15.2. The van der Waals surface area contributed by atoms with Crippen LogP contribution in [-0.4, -0.2) is 41.2 Å². The zero-order valence-corrected chi connectivity index (χ0v) is 19.1. The third-order valence-corrected chi connectivity index (χ3v) is 7.27. The molecule has 1 heterocycles. The molecule has 0 spiro atoms. The lowest BCUT2D eigenvalue weighted by Gasteiger charge is -2.17. The first-order valence-corrected chi connectivity index (χ1v) is 11.9. The number of carbonyl (C=O) groups is 3. The van der Waals surface area contributed by atoms with Gasteiger partial charge in [0.1, 0.15) is 11.6 Å². The van der Waals surface area contributed by atoms with Crippen molar-refractivity contribution >= 4 is 29.3 Å². The van der Waals surface area contributed by atoms with E-state index in [1.807, 2.05) is 24.3 Å². The fourth-order valence-electron chi connectivity index (χ4n) is 4.36. The van der Waals surface area contributed by atoms with E-state index in [0.717, 1.165) is 22.3 Å². The van der Waals surface area contributed by atoms with Crippen LogP contribution in [0.3, 0.4) is 0 Å². The van der Waals surface area contributed by atoms with E-state index in [9.17, 15) is 14.4 Å². The number of rotatable bonds is 8. The summed E-state index contributed by atoms with van der Waals surface area (Å²) < 4.78 is 5.55. The van der Waals surface area contributed by atoms with Crippen LogP contribution in [-0.2, 0) is 16.1 Å². The van der Waals surface area contributed by atoms with Gasteiger partial charge in [-0.3, -0.25) is 4.79 Å². The van der Waals surface area contributed by atoms with Crippen LogP contribution >= 0.6 is 11.3 Å². The predicted octanol–water partition coefficient (Wildman–Crippen LogP) is 3.78. The number of aromatic nitrogens is 1. The standard InChI is InChI=1S/C25H23N3O5S/c29-22(30)20-13-34-21(28-20)11-26-23(31)25(9-10-25)14-27-24(32)33-12-19-17-7-3-1-5-15(17)16-6-2-4-8-18(16)19/h1-8,13,19H,9-12,14H2,(H,26,31)(H,27,32)(H,29,30). The van der Waals surface area contributed by atoms with Crippen molar-refractivity contribution in [3.63, 3.8) is 0 Å². The van der Waals surface area contributed by atoms with Gasteiger partial charge in [-0.2, -0.15) is 0 Å². The Morgan fingerprint density at radius 1 is 1.03 bits per heavy atom. The van der Waals surface area contributed by atoms with E-state index in [-0.39, 0.29) is 37.2 Å². The second-order valence-electron chi connectivity index (χ2n) is 8.57. The van der Waals surface area contributed by atoms with Gasteiger partial charge in [0.15, 0.2) is 5.69 Å². The summed E-state index contributed by atoms with van der Waals surface area (Å²) in [6, 6.07) is 16.3. The summed E-state index contributed by atoms with van der Waals surface area (Å²) in [5.41, 5.74) is 3.92. The van der Waals surface area contributed by atoms with Gasteiger partial charge in [0.25, 0.3) is 0 Å². The average molecular weight is 478 g/mol. The fourth-order valence-corrected chi connectivity index (χ4v) is 5.07. The number of hydrogen-bond acceptors (Lipinski definition) is 6. The second kappa shape index (κ2) is 8.90. The number of aromatic carboxylic acids is 1. The van der Waals surface area contributed by atoms with Gasteiger partial charge >= 0.3 is 12.1 Å². The molecule has 8 nitrogen and oxygen atoms in total. The Morgan fingerprint density at radius 2 is 1.68 bits per heavy atom. The van der Waals surface area contributed by atoms with Gasteiger partial charge in [-0.25, -0.2) is 14.6 Å². The minimum Gasteiger partial charge on any atom is -0.476 e. The van der Waals surface area contributed by atoms with Crippen molar-refractivity contribution < 1.29 is 24.2 Å². The van der Waals surface area contributed by atoms with Crippen LogP contribution in [0.15, 0.2) is 53.9 Å². The highest BCUT2D eigenvalue weighted by Crippen LogP contribution is 2.46. The van der Waals surface area contributed by atoms with Crippen LogP contribution in [0.5, 0.6) is 0 Å². The summed E-state index contributed by atoms with van der Waals surface area (Å²) in [6.07, 6.45) is 0.786. The number of carboxylic acid groups (broad SMARTS) is 1. The molecule has 2 aromatic carbocycles. The van der Waals surface area contributed by atoms with Gasteiger partial charge in [0.05, 0.1) is 12.0 Å². The Morgan fingerprint density at radius 3 is 2.26 bits per heavy atom. The number of nitrogens with one attached hydrogen (secondary N) is 2. The third kappa shape index (κ3) is 4.26. The number of nitrogens with zero attached hydrogens (tertiary/aromatic N) is 1. The monoisotopic (exact) mass is 477 g/mol. The molecule has 0 bridgehead atoms. The zero-order chi connectivity index (χ0) is 23.7. The molecular weight excluding hydrogens is 454 g/mol. The number of fused-ring (bicyclic) bond motifs is 3. The molecule has 34 heavy (non-hydrogen) atoms. The number of benzene rings is 2. The Kier molecular flexibility index (Phi) is 5.79. The molecule has 1 saturated carbocycles. The van der Waals surface area contributed by atoms with Crippen LogP contribution in [0.2, 0.25) is 0 Å². The summed E-state index contributed by atoms with van der Waals surface area (Å²) in [6.45, 7) is 0.562. The molecule has 174 valence electrons. The SMILES string of the molecule is O=C(NCC1(C(=O)NCc2nc(C(=O)O)cs2)CC1)OCC1c2ccccc2-c2ccccc21. The highest BCUT2D eigenvalue weighted by atomic mass is 32.1. The molecule has 0 saturated heterocycles. The van der Waals surface area contributed by atoms with Gasteiger partial charge < -0.3 is 20.5 Å². The largest absolute Gasteiger partial charge is 0.476 e. The lowest BCUT2D eigenvalue weighted by atomic mass is 9.98. The highest BCUT2D eigenvalue weighted by molar-refractivity contribution is 7.09. The van der Waals surface area contributed by atoms with Crippen molar-refractivity contribution in [1.82, 2.24) is 15.6 Å². The van der Waals surface area contributed by atoms with Crippen molar-refractivity contribution in [2.75, 3.05) is 13.2 Å². The van der Waals surface area contributed by atoms with Gasteiger partial charge in [-0.1, -0.05) is 48.5 Å². The average Bonchev–Trinajstić information content (AvgIpc) is 3.37. The van der Waals surface area contributed by atoms with E-state index < -0.39 is 17.5 Å². The van der Waals surface area contributed by atoms with Gasteiger partial charge in [0, 0.05) is 17.8 Å². The first kappa shape index (κ1) is 22.1. The van der Waals surface area contributed by atoms with Crippen molar-refractivity contribution in [3.05, 3.63) is 75.7 Å². The molecule has 1 aromatic heterocycles. The molecule has 0 atom stereocenters. The summed E-state index contributed by atoms with van der Waals surface area (Å²) in [5, 5.41) is 16.5. The topological polar surface area (TPSA) is 118 Å². The third-order valence-electron chi connectivity index (χ3n) is 6.42. The number of ether oxygens (including phenoxy) is 1. The zero-order valence-electron chi connectivity index (χ0n) is 18.2. The van der Waals surface area contributed by atoms with E-state index in [4.69, 9.17) is 9.84 Å². The first-order chi connectivity index (χ1) is 16.5. The first-order valence-electron chi connectivity index (χ1n) is 11.0. The fraction of sp³-hybridized carbons (Fsp3) is 0.280. The van der Waals surface area contributed by atoms with E-state index in [1.165, 1.54) is 16.7 Å². The lowest BCUT2D eigenvalue weighted by Crippen LogP contribution is -2.40. The number of thiazole rings is 1. The predicted molar refractivity (Wildman–Crippen MR) is 126 cm³/mol. The maximum atomic E-state index is 12.7. The molecule has 0 unspecified atom stereocenters. The Bertz CT molecular complexity index is 1220. The number of alkyl carbamates (subject to hydrolysis) is 1. The maximum absolute atomic E-state index is 12.7. The van der Waals surface area contributed by atoms with Crippen LogP contribution in [0, 0.1) is 5.41 Å². The molecular formula is C25H23N3O5S. The van der Waals surface area contributed by atoms with Gasteiger partial charge in [-0.15, -0.1) is 11.3 Å². The molecule has 0 radical (unpaired) electrons. The summed E-state index contributed by atoms with van der Waals surface area (Å²) in [4.78, 5) is 40.0. The summed E-state index contributed by atoms with van der Waals surface area (Å²) in [7, 11) is 0. The van der Waals surface area contributed by atoms with Crippen molar-refractivity contribution in [3.8, 4) is 11.1 Å². The Balaban J connectivity index is 1.13. The number of carbonyl (C=O) groups excluding carboxylic acids is 2. The highest BCUT2D eigenvalue weighted by Gasteiger charge is 2.50. The molecule has 1 fully saturated rings. The minimum absolute atomic E-state index is 0.0228. The van der Waals surface area contributed by atoms with Crippen LogP contribution < -0.4 is 10.6 Å². The second-order valence-corrected chi connectivity index (χ2v) is 9.52. The minimum atomic E-state index is -1.10. The quantitative estimate of drug-likeness (QED) is 0.455. The van der Waals surface area contributed by atoms with Crippen LogP contribution in [0.1, 0.15) is 45.4 Å². The van der Waals surface area contributed by atoms with E-state index in [1.54, 1.807) is 0 Å². The van der Waals surface area contributed by atoms with Crippen molar-refractivity contribution in [2.45, 2.75) is 25.3 Å². The molecule has 2 aliphatic rings. The van der Waals surface area contributed by atoms with Crippen LogP contribution in [0.25, 0.3) is 11.1 Å². The van der Waals surface area contributed by atoms with E-state index in [0.29, 0.717) is 17.8 Å². The molecule has 2 amide bonds. The molecule has 3 N–H and O–H groups in total. The Hall–Kier alpha value is -3.72. The number of carboxylic acids is 1. The van der Waals surface area contributed by atoms with E-state index in [2.05, 4.69) is 39.9 Å². The number of hydrogen-bond donors (Lipinski definition) is 3. The lowest BCUT2D eigenvalue weighted by molar-refractivity contribution is -0.126. The summed E-state index contributed by atoms with van der Waals surface area (Å²) in [5.74, 6) is -1.30. The van der Waals surface area contributed by atoms with Crippen LogP contribution in [0.4, 0.5) is 4.79 Å². The molecule has 9 heteroatoms. The Labute approximate surface area is 200 Å².